The zero-order valence-corrected chi connectivity index (χ0v) is 11.3. The molecule has 5 heteroatoms. The fourth-order valence-corrected chi connectivity index (χ4v) is 2.38. The molecule has 1 aromatic heterocycles. The minimum absolute atomic E-state index is 0.154. The molecule has 0 aliphatic carbocycles. The first-order valence-corrected chi connectivity index (χ1v) is 6.93. The maximum Gasteiger partial charge on any atom is 0.141 e. The molecule has 3 N–H and O–H groups in total. The lowest BCUT2D eigenvalue weighted by Crippen LogP contribution is -2.15. The molecule has 0 unspecified atom stereocenters. The summed E-state index contributed by atoms with van der Waals surface area (Å²) in [7, 11) is 0. The number of aromatic nitrogens is 2. The van der Waals surface area contributed by atoms with Crippen LogP contribution >= 0.6 is 11.8 Å². The minimum Gasteiger partial charge on any atom is -0.392 e. The van der Waals surface area contributed by atoms with Gasteiger partial charge < -0.3 is 10.8 Å². The molecule has 2 rings (SSSR count). The molecule has 0 radical (unpaired) electrons. The van der Waals surface area contributed by atoms with Crippen molar-refractivity contribution in [3.05, 3.63) is 30.1 Å². The third-order valence-corrected chi connectivity index (χ3v) is 4.18. The van der Waals surface area contributed by atoms with Gasteiger partial charge in [0, 0.05) is 10.6 Å². The Hall–Kier alpha value is -1.33. The normalized spacial score (nSPS) is 14.6. The summed E-state index contributed by atoms with van der Waals surface area (Å²) in [6.45, 7) is 3.77. The van der Waals surface area contributed by atoms with Crippen LogP contribution in [0.15, 0.2) is 24.3 Å². The Bertz CT molecular complexity index is 545. The number of benzene rings is 1. The zero-order chi connectivity index (χ0) is 13.1. The van der Waals surface area contributed by atoms with Crippen LogP contribution < -0.4 is 5.73 Å². The number of nitrogens with zero attached hydrogens (tertiary/aromatic N) is 2. The molecule has 0 fully saturated rings. The van der Waals surface area contributed by atoms with Gasteiger partial charge >= 0.3 is 0 Å². The van der Waals surface area contributed by atoms with Gasteiger partial charge in [-0.2, -0.15) is 0 Å². The Morgan fingerprint density at radius 3 is 2.72 bits per heavy atom. The van der Waals surface area contributed by atoms with Gasteiger partial charge in [0.1, 0.15) is 11.6 Å². The van der Waals surface area contributed by atoms with Gasteiger partial charge in [-0.1, -0.05) is 19.1 Å². The van der Waals surface area contributed by atoms with Crippen molar-refractivity contribution in [3.8, 4) is 0 Å². The van der Waals surface area contributed by atoms with E-state index in [-0.39, 0.29) is 11.4 Å². The van der Waals surface area contributed by atoms with Gasteiger partial charge in [0.05, 0.1) is 17.4 Å². The average Bonchev–Trinajstić information content (AvgIpc) is 2.36. The van der Waals surface area contributed by atoms with Crippen molar-refractivity contribution >= 4 is 28.5 Å². The number of anilines is 1. The van der Waals surface area contributed by atoms with Crippen molar-refractivity contribution in [2.45, 2.75) is 31.0 Å². The second-order valence-corrected chi connectivity index (χ2v) is 5.66. The third kappa shape index (κ3) is 2.91. The molecule has 0 amide bonds. The summed E-state index contributed by atoms with van der Waals surface area (Å²) in [6, 6.07) is 7.70. The quantitative estimate of drug-likeness (QED) is 0.885. The number of nitrogen functional groups attached to an aromatic ring is 1. The van der Waals surface area contributed by atoms with E-state index in [0.717, 1.165) is 10.9 Å². The van der Waals surface area contributed by atoms with Crippen LogP contribution in [0.2, 0.25) is 0 Å². The number of nitrogens with two attached hydrogens (primary N) is 1. The molecule has 1 aromatic carbocycles. The highest BCUT2D eigenvalue weighted by Gasteiger charge is 2.11. The van der Waals surface area contributed by atoms with E-state index < -0.39 is 0 Å². The highest BCUT2D eigenvalue weighted by molar-refractivity contribution is 7.99. The fraction of sp³-hybridized carbons (Fsp3) is 0.385. The van der Waals surface area contributed by atoms with E-state index in [2.05, 4.69) is 9.97 Å². The second kappa shape index (κ2) is 5.54. The summed E-state index contributed by atoms with van der Waals surface area (Å²) in [5.74, 6) is 1.88. The van der Waals surface area contributed by atoms with Gasteiger partial charge in [0.15, 0.2) is 0 Å². The topological polar surface area (TPSA) is 72.0 Å². The van der Waals surface area contributed by atoms with Crippen LogP contribution in [0.5, 0.6) is 0 Å². The molecule has 0 aliphatic rings. The Morgan fingerprint density at radius 1 is 1.28 bits per heavy atom. The molecule has 0 spiro atoms. The summed E-state index contributed by atoms with van der Waals surface area (Å²) in [6.07, 6.45) is -0.340. The fourth-order valence-electron chi connectivity index (χ4n) is 1.56. The highest BCUT2D eigenvalue weighted by Crippen LogP contribution is 2.22. The molecule has 1 heterocycles. The van der Waals surface area contributed by atoms with Crippen molar-refractivity contribution < 1.29 is 5.11 Å². The smallest absolute Gasteiger partial charge is 0.141 e. The summed E-state index contributed by atoms with van der Waals surface area (Å²) in [4.78, 5) is 8.77. The summed E-state index contributed by atoms with van der Waals surface area (Å²) < 4.78 is 0. The molecule has 2 aromatic rings. The number of hydrogen-bond acceptors (Lipinski definition) is 5. The summed E-state index contributed by atoms with van der Waals surface area (Å²) in [5, 5.41) is 10.5. The lowest BCUT2D eigenvalue weighted by atomic mass is 10.2. The van der Waals surface area contributed by atoms with E-state index in [1.807, 2.05) is 31.2 Å². The summed E-state index contributed by atoms with van der Waals surface area (Å²) in [5.41, 5.74) is 6.78. The standard InChI is InChI=1S/C13H17N3OS/c1-8(17)9(2)18-7-12-15-11-6-4-3-5-10(11)13(14)16-12/h3-6,8-9,17H,7H2,1-2H3,(H2,14,15,16)/t8-,9+/m1/s1. The number of para-hydroxylation sites is 1. The van der Waals surface area contributed by atoms with Gasteiger partial charge in [-0.05, 0) is 19.1 Å². The van der Waals surface area contributed by atoms with E-state index in [9.17, 15) is 5.11 Å². The van der Waals surface area contributed by atoms with Gasteiger partial charge in [-0.3, -0.25) is 0 Å². The number of aliphatic hydroxyl groups excluding tert-OH is 1. The van der Waals surface area contributed by atoms with Crippen LogP contribution in [0.4, 0.5) is 5.82 Å². The number of thioether (sulfide) groups is 1. The first kappa shape index (κ1) is 13.1. The molecular formula is C13H17N3OS. The lowest BCUT2D eigenvalue weighted by molar-refractivity contribution is 0.196. The number of aliphatic hydroxyl groups is 1. The SMILES string of the molecule is C[C@H](SCc1nc(N)c2ccccc2n1)[C@@H](C)O. The van der Waals surface area contributed by atoms with Crippen molar-refractivity contribution in [2.75, 3.05) is 5.73 Å². The predicted octanol–water partition coefficient (Wildman–Crippen LogP) is 2.21. The van der Waals surface area contributed by atoms with E-state index in [1.54, 1.807) is 18.7 Å². The minimum atomic E-state index is -0.340. The van der Waals surface area contributed by atoms with E-state index >= 15 is 0 Å². The Morgan fingerprint density at radius 2 is 2.00 bits per heavy atom. The Labute approximate surface area is 111 Å². The Balaban J connectivity index is 2.19. The van der Waals surface area contributed by atoms with E-state index in [4.69, 9.17) is 5.73 Å². The molecule has 0 saturated carbocycles. The van der Waals surface area contributed by atoms with Gasteiger partial charge in [-0.15, -0.1) is 11.8 Å². The van der Waals surface area contributed by atoms with Crippen molar-refractivity contribution in [3.63, 3.8) is 0 Å². The maximum atomic E-state index is 9.44. The molecular weight excluding hydrogens is 246 g/mol. The van der Waals surface area contributed by atoms with Crippen LogP contribution in [-0.2, 0) is 5.75 Å². The van der Waals surface area contributed by atoms with Crippen LogP contribution in [-0.4, -0.2) is 26.4 Å². The predicted molar refractivity (Wildman–Crippen MR) is 76.4 cm³/mol. The highest BCUT2D eigenvalue weighted by atomic mass is 32.2. The van der Waals surface area contributed by atoms with Crippen LogP contribution in [0.3, 0.4) is 0 Å². The van der Waals surface area contributed by atoms with Crippen molar-refractivity contribution in [1.82, 2.24) is 9.97 Å². The molecule has 2 atom stereocenters. The second-order valence-electron chi connectivity index (χ2n) is 4.30. The number of hydrogen-bond donors (Lipinski definition) is 2. The largest absolute Gasteiger partial charge is 0.392 e. The zero-order valence-electron chi connectivity index (χ0n) is 10.5. The van der Waals surface area contributed by atoms with Gasteiger partial charge in [0.25, 0.3) is 0 Å². The van der Waals surface area contributed by atoms with Crippen molar-refractivity contribution in [1.29, 1.82) is 0 Å². The van der Waals surface area contributed by atoms with E-state index in [1.165, 1.54) is 0 Å². The first-order valence-electron chi connectivity index (χ1n) is 5.88. The lowest BCUT2D eigenvalue weighted by Gasteiger charge is -2.13. The third-order valence-electron chi connectivity index (χ3n) is 2.83. The van der Waals surface area contributed by atoms with E-state index in [0.29, 0.717) is 17.4 Å². The molecule has 0 aliphatic heterocycles. The summed E-state index contributed by atoms with van der Waals surface area (Å²) >= 11 is 1.62. The number of fused-ring (bicyclic) bond motifs is 1. The van der Waals surface area contributed by atoms with Crippen molar-refractivity contribution in [2.24, 2.45) is 0 Å². The van der Waals surface area contributed by atoms with Crippen LogP contribution in [0.25, 0.3) is 10.9 Å². The van der Waals surface area contributed by atoms with Crippen LogP contribution in [0, 0.1) is 0 Å². The molecule has 0 bridgehead atoms. The molecule has 96 valence electrons. The average molecular weight is 263 g/mol. The maximum absolute atomic E-state index is 9.44. The van der Waals surface area contributed by atoms with Gasteiger partial charge in [-0.25, -0.2) is 9.97 Å². The van der Waals surface area contributed by atoms with Gasteiger partial charge in [0.2, 0.25) is 0 Å². The number of rotatable bonds is 4. The monoisotopic (exact) mass is 263 g/mol. The Kier molecular flexibility index (Phi) is 4.04. The molecule has 0 saturated heterocycles. The molecule has 18 heavy (non-hydrogen) atoms. The van der Waals surface area contributed by atoms with Crippen LogP contribution in [0.1, 0.15) is 19.7 Å². The molecule has 4 nitrogen and oxygen atoms in total. The first-order chi connectivity index (χ1) is 8.58.